The number of carbonyl (C=O) groups is 1. The topological polar surface area (TPSA) is 80.9 Å². The third kappa shape index (κ3) is 5.81. The molecular formula is C15H18Cl2N4OS2. The highest BCUT2D eigenvalue weighted by atomic mass is 35.5. The monoisotopic (exact) mass is 404 g/mol. The second-order valence-electron chi connectivity index (χ2n) is 5.15. The number of amides is 1. The molecule has 2 rings (SSSR count). The molecule has 0 saturated carbocycles. The van der Waals surface area contributed by atoms with E-state index in [0.29, 0.717) is 26.1 Å². The number of rotatable bonds is 8. The maximum absolute atomic E-state index is 12.0. The average molecular weight is 405 g/mol. The number of benzene rings is 1. The normalized spacial score (nSPS) is 12.1. The first-order valence-electron chi connectivity index (χ1n) is 7.43. The van der Waals surface area contributed by atoms with E-state index >= 15 is 0 Å². The summed E-state index contributed by atoms with van der Waals surface area (Å²) >= 11 is 14.8. The van der Waals surface area contributed by atoms with Gasteiger partial charge in [0.2, 0.25) is 11.0 Å². The summed E-state index contributed by atoms with van der Waals surface area (Å²) in [5, 5.41) is 12.2. The standard InChI is InChI=1S/C15H18Cl2N4OS2/c1-2-3-9(11-5-4-10(16)6-12(11)17)7-19-13(22)8-23-15-21-20-14(18)24-15/h4-6,9H,2-3,7-8H2,1H3,(H2,18,20)(H,19,22)/t9-/m0/s1. The number of nitrogens with two attached hydrogens (primary N) is 1. The Morgan fingerprint density at radius 1 is 1.42 bits per heavy atom. The van der Waals surface area contributed by atoms with Gasteiger partial charge in [-0.2, -0.15) is 0 Å². The summed E-state index contributed by atoms with van der Waals surface area (Å²) in [6.45, 7) is 2.64. The van der Waals surface area contributed by atoms with Gasteiger partial charge in [0.1, 0.15) is 0 Å². The molecule has 0 aliphatic carbocycles. The van der Waals surface area contributed by atoms with Crippen LogP contribution >= 0.6 is 46.3 Å². The molecule has 1 atom stereocenters. The number of nitrogen functional groups attached to an aromatic ring is 1. The van der Waals surface area contributed by atoms with Gasteiger partial charge in [-0.3, -0.25) is 4.79 Å². The summed E-state index contributed by atoms with van der Waals surface area (Å²) < 4.78 is 0.688. The van der Waals surface area contributed by atoms with E-state index in [9.17, 15) is 4.79 Å². The lowest BCUT2D eigenvalue weighted by atomic mass is 9.94. The summed E-state index contributed by atoms with van der Waals surface area (Å²) in [5.74, 6) is 0.382. The molecule has 1 heterocycles. The van der Waals surface area contributed by atoms with Gasteiger partial charge in [-0.1, -0.05) is 65.7 Å². The molecule has 2 aromatic rings. The lowest BCUT2D eigenvalue weighted by Crippen LogP contribution is -2.30. The van der Waals surface area contributed by atoms with Crippen molar-refractivity contribution >= 4 is 57.3 Å². The zero-order valence-corrected chi connectivity index (χ0v) is 16.2. The Hall–Kier alpha value is -1.02. The molecule has 0 aliphatic rings. The van der Waals surface area contributed by atoms with Crippen LogP contribution in [0.2, 0.25) is 10.0 Å². The number of nitrogens with one attached hydrogen (secondary N) is 1. The van der Waals surface area contributed by atoms with E-state index in [1.807, 2.05) is 12.1 Å². The van der Waals surface area contributed by atoms with Crippen molar-refractivity contribution in [3.05, 3.63) is 33.8 Å². The summed E-state index contributed by atoms with van der Waals surface area (Å²) in [6.07, 6.45) is 1.93. The third-order valence-electron chi connectivity index (χ3n) is 3.33. The second kappa shape index (κ2) is 9.46. The number of nitrogens with zero attached hydrogens (tertiary/aromatic N) is 2. The smallest absolute Gasteiger partial charge is 0.230 e. The Balaban J connectivity index is 1.89. The number of hydrogen-bond acceptors (Lipinski definition) is 6. The van der Waals surface area contributed by atoms with Crippen LogP contribution < -0.4 is 11.1 Å². The average Bonchev–Trinajstić information content (AvgIpc) is 2.95. The van der Waals surface area contributed by atoms with Gasteiger partial charge in [0.25, 0.3) is 0 Å². The molecule has 0 spiro atoms. The van der Waals surface area contributed by atoms with Crippen LogP contribution in [0.1, 0.15) is 31.2 Å². The third-order valence-corrected chi connectivity index (χ3v) is 5.78. The molecule has 1 amide bonds. The van der Waals surface area contributed by atoms with Gasteiger partial charge in [-0.05, 0) is 24.1 Å². The number of aromatic nitrogens is 2. The molecule has 0 aliphatic heterocycles. The van der Waals surface area contributed by atoms with E-state index in [1.165, 1.54) is 23.1 Å². The van der Waals surface area contributed by atoms with E-state index in [0.717, 1.165) is 18.4 Å². The molecule has 0 saturated heterocycles. The van der Waals surface area contributed by atoms with Crippen LogP contribution in [0.15, 0.2) is 22.5 Å². The van der Waals surface area contributed by atoms with Crippen molar-refractivity contribution in [3.8, 4) is 0 Å². The highest BCUT2D eigenvalue weighted by Gasteiger charge is 2.16. The van der Waals surface area contributed by atoms with Crippen molar-refractivity contribution in [1.29, 1.82) is 0 Å². The van der Waals surface area contributed by atoms with E-state index in [1.54, 1.807) is 6.07 Å². The fourth-order valence-corrected chi connectivity index (χ4v) is 4.27. The summed E-state index contributed by atoms with van der Waals surface area (Å²) in [7, 11) is 0. The van der Waals surface area contributed by atoms with Gasteiger partial charge in [0.15, 0.2) is 4.34 Å². The van der Waals surface area contributed by atoms with Gasteiger partial charge in [0.05, 0.1) is 5.75 Å². The van der Waals surface area contributed by atoms with Crippen LogP contribution in [0.4, 0.5) is 5.13 Å². The van der Waals surface area contributed by atoms with Gasteiger partial charge < -0.3 is 11.1 Å². The van der Waals surface area contributed by atoms with Crippen molar-refractivity contribution in [2.24, 2.45) is 0 Å². The first kappa shape index (κ1) is 19.3. The molecule has 3 N–H and O–H groups in total. The summed E-state index contributed by atoms with van der Waals surface area (Å²) in [5.41, 5.74) is 6.52. The van der Waals surface area contributed by atoms with Crippen LogP contribution in [-0.2, 0) is 4.79 Å². The maximum atomic E-state index is 12.0. The number of carbonyl (C=O) groups excluding carboxylic acids is 1. The number of hydrogen-bond donors (Lipinski definition) is 2. The molecule has 24 heavy (non-hydrogen) atoms. The lowest BCUT2D eigenvalue weighted by molar-refractivity contribution is -0.118. The first-order chi connectivity index (χ1) is 11.5. The molecule has 0 radical (unpaired) electrons. The van der Waals surface area contributed by atoms with Crippen molar-refractivity contribution in [1.82, 2.24) is 15.5 Å². The number of anilines is 1. The first-order valence-corrected chi connectivity index (χ1v) is 9.98. The lowest BCUT2D eigenvalue weighted by Gasteiger charge is -2.19. The van der Waals surface area contributed by atoms with E-state index in [-0.39, 0.29) is 17.6 Å². The van der Waals surface area contributed by atoms with Crippen molar-refractivity contribution < 1.29 is 4.79 Å². The second-order valence-corrected chi connectivity index (χ2v) is 8.23. The molecular weight excluding hydrogens is 387 g/mol. The minimum Gasteiger partial charge on any atom is -0.374 e. The van der Waals surface area contributed by atoms with Crippen LogP contribution in [0.3, 0.4) is 0 Å². The molecule has 1 aromatic carbocycles. The SMILES string of the molecule is CCC[C@@H](CNC(=O)CSc1nnc(N)s1)c1ccc(Cl)cc1Cl. The van der Waals surface area contributed by atoms with Crippen molar-refractivity contribution in [2.75, 3.05) is 18.0 Å². The Labute approximate surface area is 159 Å². The van der Waals surface area contributed by atoms with Crippen molar-refractivity contribution in [3.63, 3.8) is 0 Å². The zero-order valence-electron chi connectivity index (χ0n) is 13.1. The Morgan fingerprint density at radius 3 is 2.83 bits per heavy atom. The fraction of sp³-hybridized carbons (Fsp3) is 0.400. The van der Waals surface area contributed by atoms with Crippen molar-refractivity contribution in [2.45, 2.75) is 30.0 Å². The van der Waals surface area contributed by atoms with E-state index in [4.69, 9.17) is 28.9 Å². The van der Waals surface area contributed by atoms with Gasteiger partial charge in [-0.15, -0.1) is 10.2 Å². The van der Waals surface area contributed by atoms with Crippen LogP contribution in [0.25, 0.3) is 0 Å². The quantitative estimate of drug-likeness (QED) is 0.643. The predicted octanol–water partition coefficient (Wildman–Crippen LogP) is 4.22. The van der Waals surface area contributed by atoms with Gasteiger partial charge >= 0.3 is 0 Å². The predicted molar refractivity (Wildman–Crippen MR) is 102 cm³/mol. The van der Waals surface area contributed by atoms with E-state index < -0.39 is 0 Å². The minimum absolute atomic E-state index is 0.0556. The highest BCUT2D eigenvalue weighted by Crippen LogP contribution is 2.30. The molecule has 0 fully saturated rings. The fourth-order valence-electron chi connectivity index (χ4n) is 2.24. The molecule has 130 valence electrons. The summed E-state index contributed by atoms with van der Waals surface area (Å²) in [6, 6.07) is 5.48. The molecule has 9 heteroatoms. The Bertz CT molecular complexity index is 696. The molecule has 5 nitrogen and oxygen atoms in total. The van der Waals surface area contributed by atoms with Gasteiger partial charge in [0, 0.05) is 22.5 Å². The minimum atomic E-state index is -0.0556. The maximum Gasteiger partial charge on any atom is 0.230 e. The number of thioether (sulfide) groups is 1. The zero-order chi connectivity index (χ0) is 17.5. The van der Waals surface area contributed by atoms with Gasteiger partial charge in [-0.25, -0.2) is 0 Å². The molecule has 0 bridgehead atoms. The Kier molecular flexibility index (Phi) is 7.61. The highest BCUT2D eigenvalue weighted by molar-refractivity contribution is 8.01. The van der Waals surface area contributed by atoms with Crippen LogP contribution in [0, 0.1) is 0 Å². The van der Waals surface area contributed by atoms with Crippen LogP contribution in [-0.4, -0.2) is 28.4 Å². The van der Waals surface area contributed by atoms with E-state index in [2.05, 4.69) is 22.4 Å². The Morgan fingerprint density at radius 2 is 2.21 bits per heavy atom. The molecule has 0 unspecified atom stereocenters. The van der Waals surface area contributed by atoms with Crippen LogP contribution in [0.5, 0.6) is 0 Å². The largest absolute Gasteiger partial charge is 0.374 e. The summed E-state index contributed by atoms with van der Waals surface area (Å²) in [4.78, 5) is 12.0. The number of halogens is 2. The molecule has 1 aromatic heterocycles.